The lowest BCUT2D eigenvalue weighted by molar-refractivity contribution is -0.385. The van der Waals surface area contributed by atoms with Gasteiger partial charge in [0.15, 0.2) is 0 Å². The van der Waals surface area contributed by atoms with Gasteiger partial charge < -0.3 is 14.8 Å². The van der Waals surface area contributed by atoms with E-state index in [9.17, 15) is 10.1 Å². The van der Waals surface area contributed by atoms with Crippen molar-refractivity contribution >= 4 is 11.5 Å². The van der Waals surface area contributed by atoms with E-state index in [1.165, 1.54) is 6.33 Å². The van der Waals surface area contributed by atoms with Crippen LogP contribution in [0.15, 0.2) is 6.33 Å². The minimum Gasteiger partial charge on any atom is -0.472 e. The Labute approximate surface area is 117 Å². The number of anilines is 1. The van der Waals surface area contributed by atoms with E-state index in [4.69, 9.17) is 9.47 Å². The van der Waals surface area contributed by atoms with Crippen molar-refractivity contribution in [1.29, 1.82) is 0 Å². The molecule has 112 valence electrons. The maximum absolute atomic E-state index is 11.2. The van der Waals surface area contributed by atoms with Crippen LogP contribution in [-0.4, -0.2) is 41.8 Å². The van der Waals surface area contributed by atoms with E-state index in [0.29, 0.717) is 19.8 Å². The second-order valence-corrected chi connectivity index (χ2v) is 4.61. The van der Waals surface area contributed by atoms with Gasteiger partial charge in [0.25, 0.3) is 5.88 Å². The Bertz CT molecular complexity index is 439. The topological polar surface area (TPSA) is 99.4 Å². The molecule has 0 aromatic carbocycles. The first-order valence-electron chi connectivity index (χ1n) is 6.41. The molecule has 1 aromatic heterocycles. The average molecular weight is 284 g/mol. The highest BCUT2D eigenvalue weighted by atomic mass is 16.6. The molecule has 0 radical (unpaired) electrons. The van der Waals surface area contributed by atoms with Crippen LogP contribution in [0.1, 0.15) is 20.3 Å². The Hall–Kier alpha value is -1.96. The van der Waals surface area contributed by atoms with Crippen molar-refractivity contribution in [3.05, 3.63) is 16.4 Å². The van der Waals surface area contributed by atoms with Gasteiger partial charge >= 0.3 is 5.69 Å². The average Bonchev–Trinajstić information content (AvgIpc) is 2.41. The molecule has 20 heavy (non-hydrogen) atoms. The molecule has 0 spiro atoms. The Kier molecular flexibility index (Phi) is 6.65. The standard InChI is InChI=1S/C12H20N4O4/c1-9(2)7-20-12-10(16(17)18)11(14-8-15-12)13-5-4-6-19-3/h8-9H,4-7H2,1-3H3,(H,13,14,15). The molecule has 0 bridgehead atoms. The monoisotopic (exact) mass is 284 g/mol. The molecule has 8 heteroatoms. The van der Waals surface area contributed by atoms with E-state index >= 15 is 0 Å². The van der Waals surface area contributed by atoms with Crippen LogP contribution in [0.5, 0.6) is 5.88 Å². The highest BCUT2D eigenvalue weighted by Crippen LogP contribution is 2.30. The van der Waals surface area contributed by atoms with Gasteiger partial charge in [0.1, 0.15) is 6.33 Å². The summed E-state index contributed by atoms with van der Waals surface area (Å²) in [6.07, 6.45) is 1.97. The zero-order valence-corrected chi connectivity index (χ0v) is 12.0. The zero-order chi connectivity index (χ0) is 15.0. The van der Waals surface area contributed by atoms with Crippen molar-refractivity contribution in [3.63, 3.8) is 0 Å². The van der Waals surface area contributed by atoms with E-state index in [1.54, 1.807) is 7.11 Å². The van der Waals surface area contributed by atoms with Gasteiger partial charge in [-0.2, -0.15) is 4.98 Å². The highest BCUT2D eigenvalue weighted by molar-refractivity contribution is 5.61. The molecule has 1 rings (SSSR count). The van der Waals surface area contributed by atoms with E-state index < -0.39 is 4.92 Å². The largest absolute Gasteiger partial charge is 0.472 e. The molecule has 0 aliphatic carbocycles. The van der Waals surface area contributed by atoms with Gasteiger partial charge in [-0.25, -0.2) is 4.98 Å². The van der Waals surface area contributed by atoms with Crippen LogP contribution in [0.4, 0.5) is 11.5 Å². The molecule has 1 N–H and O–H groups in total. The predicted octanol–water partition coefficient (Wildman–Crippen LogP) is 1.87. The van der Waals surface area contributed by atoms with Crippen LogP contribution in [0.3, 0.4) is 0 Å². The predicted molar refractivity (Wildman–Crippen MR) is 74.0 cm³/mol. The molecule has 0 fully saturated rings. The second-order valence-electron chi connectivity index (χ2n) is 4.61. The number of hydrogen-bond acceptors (Lipinski definition) is 7. The molecule has 0 aliphatic rings. The molecular weight excluding hydrogens is 264 g/mol. The third-order valence-electron chi connectivity index (χ3n) is 2.34. The second kappa shape index (κ2) is 8.26. The van der Waals surface area contributed by atoms with E-state index in [1.807, 2.05) is 13.8 Å². The number of ether oxygens (including phenoxy) is 2. The number of methoxy groups -OCH3 is 1. The number of nitrogens with zero attached hydrogens (tertiary/aromatic N) is 3. The van der Waals surface area contributed by atoms with Crippen LogP contribution in [0.2, 0.25) is 0 Å². The molecule has 0 aliphatic heterocycles. The summed E-state index contributed by atoms with van der Waals surface area (Å²) in [7, 11) is 1.60. The number of hydrogen-bond donors (Lipinski definition) is 1. The SMILES string of the molecule is COCCCNc1ncnc(OCC(C)C)c1[N+](=O)[O-]. The molecular formula is C12H20N4O4. The maximum atomic E-state index is 11.2. The molecule has 0 saturated heterocycles. The molecule has 0 unspecified atom stereocenters. The number of aromatic nitrogens is 2. The first-order chi connectivity index (χ1) is 9.56. The fraction of sp³-hybridized carbons (Fsp3) is 0.667. The summed E-state index contributed by atoms with van der Waals surface area (Å²) >= 11 is 0. The first kappa shape index (κ1) is 16.1. The molecule has 1 aromatic rings. The summed E-state index contributed by atoms with van der Waals surface area (Å²) in [5, 5.41) is 14.1. The zero-order valence-electron chi connectivity index (χ0n) is 12.0. The third kappa shape index (κ3) is 4.96. The van der Waals surface area contributed by atoms with E-state index in [0.717, 1.165) is 6.42 Å². The molecule has 0 atom stereocenters. The minimum absolute atomic E-state index is 0.00654. The summed E-state index contributed by atoms with van der Waals surface area (Å²) in [6.45, 7) is 5.37. The minimum atomic E-state index is -0.533. The Morgan fingerprint density at radius 3 is 2.80 bits per heavy atom. The summed E-state index contributed by atoms with van der Waals surface area (Å²) in [6, 6.07) is 0. The van der Waals surface area contributed by atoms with Crippen molar-refractivity contribution in [3.8, 4) is 5.88 Å². The summed E-state index contributed by atoms with van der Waals surface area (Å²) in [5.74, 6) is 0.412. The number of rotatable bonds is 9. The van der Waals surface area contributed by atoms with Gasteiger partial charge in [-0.1, -0.05) is 13.8 Å². The lowest BCUT2D eigenvalue weighted by atomic mass is 10.2. The Balaban J connectivity index is 2.82. The van der Waals surface area contributed by atoms with Crippen LogP contribution >= 0.6 is 0 Å². The molecule has 8 nitrogen and oxygen atoms in total. The fourth-order valence-electron chi connectivity index (χ4n) is 1.43. The quantitative estimate of drug-likeness (QED) is 0.419. The molecule has 1 heterocycles. The first-order valence-corrected chi connectivity index (χ1v) is 6.41. The Morgan fingerprint density at radius 1 is 1.45 bits per heavy atom. The van der Waals surface area contributed by atoms with Crippen molar-refractivity contribution in [2.75, 3.05) is 32.2 Å². The van der Waals surface area contributed by atoms with Crippen molar-refractivity contribution in [1.82, 2.24) is 9.97 Å². The fourth-order valence-corrected chi connectivity index (χ4v) is 1.43. The van der Waals surface area contributed by atoms with Crippen molar-refractivity contribution in [2.24, 2.45) is 5.92 Å². The van der Waals surface area contributed by atoms with Gasteiger partial charge in [0.05, 0.1) is 11.5 Å². The lowest BCUT2D eigenvalue weighted by Crippen LogP contribution is -2.12. The maximum Gasteiger partial charge on any atom is 0.372 e. The Morgan fingerprint density at radius 2 is 2.20 bits per heavy atom. The summed E-state index contributed by atoms with van der Waals surface area (Å²) in [5.41, 5.74) is -0.231. The van der Waals surface area contributed by atoms with Gasteiger partial charge in [0.2, 0.25) is 5.82 Å². The van der Waals surface area contributed by atoms with Crippen molar-refractivity contribution in [2.45, 2.75) is 20.3 Å². The summed E-state index contributed by atoms with van der Waals surface area (Å²) in [4.78, 5) is 18.4. The van der Waals surface area contributed by atoms with Crippen LogP contribution in [0.25, 0.3) is 0 Å². The van der Waals surface area contributed by atoms with Gasteiger partial charge in [-0.15, -0.1) is 0 Å². The van der Waals surface area contributed by atoms with Crippen molar-refractivity contribution < 1.29 is 14.4 Å². The molecule has 0 saturated carbocycles. The number of nitrogens with one attached hydrogen (secondary N) is 1. The van der Waals surface area contributed by atoms with Crippen LogP contribution in [0, 0.1) is 16.0 Å². The number of nitro groups is 1. The van der Waals surface area contributed by atoms with E-state index in [-0.39, 0.29) is 23.3 Å². The van der Waals surface area contributed by atoms with Gasteiger partial charge in [0, 0.05) is 20.3 Å². The normalized spacial score (nSPS) is 10.6. The van der Waals surface area contributed by atoms with Crippen LogP contribution in [-0.2, 0) is 4.74 Å². The highest BCUT2D eigenvalue weighted by Gasteiger charge is 2.24. The lowest BCUT2D eigenvalue weighted by Gasteiger charge is -2.10. The van der Waals surface area contributed by atoms with Gasteiger partial charge in [-0.3, -0.25) is 10.1 Å². The third-order valence-corrected chi connectivity index (χ3v) is 2.34. The molecule has 0 amide bonds. The smallest absolute Gasteiger partial charge is 0.372 e. The van der Waals surface area contributed by atoms with Gasteiger partial charge in [-0.05, 0) is 12.3 Å². The summed E-state index contributed by atoms with van der Waals surface area (Å²) < 4.78 is 10.3. The van der Waals surface area contributed by atoms with Crippen LogP contribution < -0.4 is 10.1 Å². The van der Waals surface area contributed by atoms with E-state index in [2.05, 4.69) is 15.3 Å².